The maximum absolute atomic E-state index is 13.0. The van der Waals surface area contributed by atoms with Gasteiger partial charge in [0, 0.05) is 6.42 Å². The van der Waals surface area contributed by atoms with Crippen molar-refractivity contribution in [2.24, 2.45) is 11.5 Å². The predicted octanol–water partition coefficient (Wildman–Crippen LogP) is -1.37. The molecule has 1 aromatic carbocycles. The number of carbonyl (C=O) groups excluding carboxylic acids is 3. The van der Waals surface area contributed by atoms with Crippen molar-refractivity contribution in [1.82, 2.24) is 16.0 Å². The van der Waals surface area contributed by atoms with Crippen LogP contribution in [0, 0.1) is 0 Å². The summed E-state index contributed by atoms with van der Waals surface area (Å²) in [5.41, 5.74) is 11.9. The maximum Gasteiger partial charge on any atom is 0.325 e. The van der Waals surface area contributed by atoms with Crippen LogP contribution in [0.25, 0.3) is 0 Å². The quantitative estimate of drug-likeness (QED) is 0.163. The molecular formula is C22H35N5O6. The molecule has 0 spiro atoms. The van der Waals surface area contributed by atoms with E-state index in [0.717, 1.165) is 5.56 Å². The fraction of sp³-hybridized carbons (Fsp3) is 0.545. The van der Waals surface area contributed by atoms with Crippen LogP contribution in [0.5, 0.6) is 0 Å². The summed E-state index contributed by atoms with van der Waals surface area (Å²) in [4.78, 5) is 49.2. The largest absolute Gasteiger partial charge is 0.480 e. The minimum atomic E-state index is -1.23. The van der Waals surface area contributed by atoms with E-state index in [2.05, 4.69) is 16.0 Å². The molecule has 5 unspecified atom stereocenters. The van der Waals surface area contributed by atoms with E-state index in [1.165, 1.54) is 13.8 Å². The first-order valence-corrected chi connectivity index (χ1v) is 10.9. The van der Waals surface area contributed by atoms with Crippen LogP contribution in [0.4, 0.5) is 0 Å². The number of carboxylic acid groups (broad SMARTS) is 1. The fourth-order valence-electron chi connectivity index (χ4n) is 2.96. The summed E-state index contributed by atoms with van der Waals surface area (Å²) >= 11 is 0. The monoisotopic (exact) mass is 465 g/mol. The number of benzene rings is 1. The van der Waals surface area contributed by atoms with E-state index in [9.17, 15) is 24.3 Å². The highest BCUT2D eigenvalue weighted by Gasteiger charge is 2.30. The number of aliphatic hydroxyl groups is 1. The highest BCUT2D eigenvalue weighted by molar-refractivity contribution is 5.94. The van der Waals surface area contributed by atoms with Crippen molar-refractivity contribution in [3.05, 3.63) is 35.9 Å². The predicted molar refractivity (Wildman–Crippen MR) is 122 cm³/mol. The van der Waals surface area contributed by atoms with Crippen LogP contribution in [-0.2, 0) is 25.6 Å². The number of unbranched alkanes of at least 4 members (excludes halogenated alkanes) is 1. The summed E-state index contributed by atoms with van der Waals surface area (Å²) in [6.45, 7) is 3.08. The number of rotatable bonds is 14. The first kappa shape index (κ1) is 28.0. The number of nitrogens with one attached hydrogen (secondary N) is 3. The fourth-order valence-corrected chi connectivity index (χ4v) is 2.96. The summed E-state index contributed by atoms with van der Waals surface area (Å²) in [5.74, 6) is -3.22. The van der Waals surface area contributed by atoms with Gasteiger partial charge in [0.15, 0.2) is 0 Å². The van der Waals surface area contributed by atoms with E-state index in [1.54, 1.807) is 30.3 Å². The summed E-state index contributed by atoms with van der Waals surface area (Å²) in [7, 11) is 0. The second kappa shape index (κ2) is 14.2. The topological polar surface area (TPSA) is 197 Å². The Hall–Kier alpha value is -3.02. The van der Waals surface area contributed by atoms with Gasteiger partial charge in [-0.05, 0) is 45.2 Å². The second-order valence-electron chi connectivity index (χ2n) is 7.93. The smallest absolute Gasteiger partial charge is 0.325 e. The van der Waals surface area contributed by atoms with Crippen LogP contribution in [0.1, 0.15) is 38.7 Å². The van der Waals surface area contributed by atoms with E-state index in [1.807, 2.05) is 0 Å². The lowest BCUT2D eigenvalue weighted by atomic mass is 10.0. The molecule has 11 nitrogen and oxygen atoms in total. The van der Waals surface area contributed by atoms with Crippen molar-refractivity contribution < 1.29 is 29.4 Å². The normalized spacial score (nSPS) is 15.4. The highest BCUT2D eigenvalue weighted by Crippen LogP contribution is 2.07. The molecule has 3 amide bonds. The Morgan fingerprint density at radius 2 is 1.48 bits per heavy atom. The summed E-state index contributed by atoms with van der Waals surface area (Å²) in [6.07, 6.45) is 0.386. The van der Waals surface area contributed by atoms with E-state index in [-0.39, 0.29) is 12.8 Å². The molecule has 0 aromatic heterocycles. The zero-order chi connectivity index (χ0) is 25.0. The molecule has 33 heavy (non-hydrogen) atoms. The molecule has 11 heteroatoms. The summed E-state index contributed by atoms with van der Waals surface area (Å²) in [6, 6.07) is 4.42. The van der Waals surface area contributed by atoms with Gasteiger partial charge in [0.05, 0.1) is 6.10 Å². The number of carboxylic acids is 1. The van der Waals surface area contributed by atoms with Crippen molar-refractivity contribution in [3.63, 3.8) is 0 Å². The van der Waals surface area contributed by atoms with Crippen LogP contribution >= 0.6 is 0 Å². The highest BCUT2D eigenvalue weighted by atomic mass is 16.4. The Kier molecular flexibility index (Phi) is 12.0. The van der Waals surface area contributed by atoms with E-state index in [0.29, 0.717) is 19.4 Å². The summed E-state index contributed by atoms with van der Waals surface area (Å²) in [5, 5.41) is 26.2. The molecule has 0 heterocycles. The van der Waals surface area contributed by atoms with Crippen LogP contribution < -0.4 is 27.4 Å². The Balaban J connectivity index is 3.03. The van der Waals surface area contributed by atoms with Gasteiger partial charge < -0.3 is 37.6 Å². The number of nitrogens with two attached hydrogens (primary N) is 2. The number of aliphatic carboxylic acids is 1. The lowest BCUT2D eigenvalue weighted by molar-refractivity contribution is -0.141. The van der Waals surface area contributed by atoms with Crippen LogP contribution in [-0.4, -0.2) is 70.7 Å². The van der Waals surface area contributed by atoms with Crippen molar-refractivity contribution in [3.8, 4) is 0 Å². The molecule has 184 valence electrons. The van der Waals surface area contributed by atoms with E-state index < -0.39 is 54.0 Å². The molecule has 0 radical (unpaired) electrons. The van der Waals surface area contributed by atoms with Gasteiger partial charge in [0.1, 0.15) is 24.2 Å². The van der Waals surface area contributed by atoms with Gasteiger partial charge in [-0.25, -0.2) is 0 Å². The van der Waals surface area contributed by atoms with Gasteiger partial charge in [-0.15, -0.1) is 0 Å². The number of carbonyl (C=O) groups is 4. The van der Waals surface area contributed by atoms with Crippen molar-refractivity contribution in [2.45, 2.75) is 69.8 Å². The summed E-state index contributed by atoms with van der Waals surface area (Å²) < 4.78 is 0. The third-order valence-corrected chi connectivity index (χ3v) is 5.05. The number of aliphatic hydroxyl groups excluding tert-OH is 1. The average Bonchev–Trinajstić information content (AvgIpc) is 2.77. The number of amides is 3. The Labute approximate surface area is 193 Å². The van der Waals surface area contributed by atoms with Crippen molar-refractivity contribution in [2.75, 3.05) is 6.54 Å². The second-order valence-corrected chi connectivity index (χ2v) is 7.93. The molecule has 0 aliphatic carbocycles. The third kappa shape index (κ3) is 9.98. The molecule has 1 rings (SSSR count). The maximum atomic E-state index is 13.0. The van der Waals surface area contributed by atoms with Crippen LogP contribution in [0.2, 0.25) is 0 Å². The zero-order valence-electron chi connectivity index (χ0n) is 19.0. The molecule has 9 N–H and O–H groups in total. The van der Waals surface area contributed by atoms with Gasteiger partial charge in [0.25, 0.3) is 0 Å². The average molecular weight is 466 g/mol. The molecule has 0 aliphatic heterocycles. The van der Waals surface area contributed by atoms with Gasteiger partial charge in [-0.2, -0.15) is 0 Å². The zero-order valence-corrected chi connectivity index (χ0v) is 19.0. The SMILES string of the molecule is CC(NC(=O)C(Cc1ccccc1)NC(=O)C(CCCCN)NC(=O)C(N)C(C)O)C(=O)O. The lowest BCUT2D eigenvalue weighted by Gasteiger charge is -2.25. The molecule has 0 aliphatic rings. The molecule has 5 atom stereocenters. The van der Waals surface area contributed by atoms with Gasteiger partial charge >= 0.3 is 5.97 Å². The van der Waals surface area contributed by atoms with Gasteiger partial charge in [-0.3, -0.25) is 19.2 Å². The molecule has 1 aromatic rings. The van der Waals surface area contributed by atoms with Crippen molar-refractivity contribution in [1.29, 1.82) is 0 Å². The number of hydrogen-bond donors (Lipinski definition) is 7. The molecule has 0 saturated heterocycles. The van der Waals surface area contributed by atoms with Crippen LogP contribution in [0.15, 0.2) is 30.3 Å². The van der Waals surface area contributed by atoms with Gasteiger partial charge in [0.2, 0.25) is 17.7 Å². The Morgan fingerprint density at radius 1 is 0.909 bits per heavy atom. The first-order valence-electron chi connectivity index (χ1n) is 10.9. The van der Waals surface area contributed by atoms with E-state index >= 15 is 0 Å². The minimum absolute atomic E-state index is 0.113. The van der Waals surface area contributed by atoms with E-state index in [4.69, 9.17) is 16.6 Å². The third-order valence-electron chi connectivity index (χ3n) is 5.05. The molecule has 0 saturated carbocycles. The Bertz CT molecular complexity index is 789. The lowest BCUT2D eigenvalue weighted by Crippen LogP contribution is -2.58. The molecular weight excluding hydrogens is 430 g/mol. The molecule has 0 fully saturated rings. The standard InChI is InChI=1S/C22H35N5O6/c1-13(22(32)33)25-20(30)17(12-15-8-4-3-5-9-15)27-19(29)16(10-6-7-11-23)26-21(31)18(24)14(2)28/h3-5,8-9,13-14,16-18,28H,6-7,10-12,23-24H2,1-2H3,(H,25,30)(H,26,31)(H,27,29)(H,32,33). The van der Waals surface area contributed by atoms with Crippen LogP contribution in [0.3, 0.4) is 0 Å². The van der Waals surface area contributed by atoms with Crippen molar-refractivity contribution >= 4 is 23.7 Å². The first-order chi connectivity index (χ1) is 15.6. The molecule has 0 bridgehead atoms. The Morgan fingerprint density at radius 3 is 2.03 bits per heavy atom. The van der Waals surface area contributed by atoms with Gasteiger partial charge in [-0.1, -0.05) is 30.3 Å². The minimum Gasteiger partial charge on any atom is -0.480 e. The number of hydrogen-bond acceptors (Lipinski definition) is 7.